The van der Waals surface area contributed by atoms with Crippen molar-refractivity contribution >= 4 is 0 Å². The Balaban J connectivity index is 1.60. The summed E-state index contributed by atoms with van der Waals surface area (Å²) in [7, 11) is 0. The number of piperidine rings is 1. The van der Waals surface area contributed by atoms with E-state index in [1.54, 1.807) is 0 Å². The molecule has 0 radical (unpaired) electrons. The Hall–Kier alpha value is -0.120. The molecule has 2 aliphatic rings. The molecule has 15 heavy (non-hydrogen) atoms. The normalized spacial score (nSPS) is 34.2. The molecule has 1 aliphatic carbocycles. The van der Waals surface area contributed by atoms with Gasteiger partial charge in [-0.2, -0.15) is 0 Å². The van der Waals surface area contributed by atoms with Crippen molar-refractivity contribution in [2.24, 2.45) is 11.7 Å². The molecule has 0 unspecified atom stereocenters. The van der Waals surface area contributed by atoms with Crippen molar-refractivity contribution in [1.29, 1.82) is 0 Å². The highest BCUT2D eigenvalue weighted by Crippen LogP contribution is 2.22. The van der Waals surface area contributed by atoms with Crippen molar-refractivity contribution in [3.05, 3.63) is 0 Å². The van der Waals surface area contributed by atoms with Crippen LogP contribution in [-0.4, -0.2) is 31.7 Å². The van der Waals surface area contributed by atoms with Gasteiger partial charge < -0.3 is 16.4 Å². The van der Waals surface area contributed by atoms with Crippen LogP contribution in [0.3, 0.4) is 0 Å². The first-order valence-corrected chi connectivity index (χ1v) is 6.54. The van der Waals surface area contributed by atoms with E-state index in [4.69, 9.17) is 5.73 Å². The van der Waals surface area contributed by atoms with Crippen LogP contribution in [0.5, 0.6) is 0 Å². The lowest BCUT2D eigenvalue weighted by atomic mass is 9.86. The minimum Gasteiger partial charge on any atom is -0.328 e. The Morgan fingerprint density at radius 3 is 2.33 bits per heavy atom. The number of nitrogens with one attached hydrogen (secondary N) is 2. The molecule has 0 aromatic carbocycles. The molecule has 3 heteroatoms. The highest BCUT2D eigenvalue weighted by Gasteiger charge is 2.20. The summed E-state index contributed by atoms with van der Waals surface area (Å²) in [5, 5.41) is 7.13. The lowest BCUT2D eigenvalue weighted by Gasteiger charge is -2.29. The van der Waals surface area contributed by atoms with Crippen molar-refractivity contribution in [3.63, 3.8) is 0 Å². The van der Waals surface area contributed by atoms with Gasteiger partial charge in [-0.15, -0.1) is 0 Å². The van der Waals surface area contributed by atoms with E-state index in [0.717, 1.165) is 12.0 Å². The summed E-state index contributed by atoms with van der Waals surface area (Å²) >= 11 is 0. The average Bonchev–Trinajstić information content (AvgIpc) is 2.30. The van der Waals surface area contributed by atoms with Gasteiger partial charge in [-0.3, -0.25) is 0 Å². The monoisotopic (exact) mass is 211 g/mol. The van der Waals surface area contributed by atoms with Crippen LogP contribution >= 0.6 is 0 Å². The van der Waals surface area contributed by atoms with Gasteiger partial charge in [0.25, 0.3) is 0 Å². The molecule has 0 aromatic heterocycles. The molecule has 1 heterocycles. The Kier molecular flexibility index (Phi) is 4.42. The third kappa shape index (κ3) is 3.74. The van der Waals surface area contributed by atoms with Crippen molar-refractivity contribution in [1.82, 2.24) is 10.6 Å². The van der Waals surface area contributed by atoms with Crippen LogP contribution in [0.4, 0.5) is 0 Å². The average molecular weight is 211 g/mol. The summed E-state index contributed by atoms with van der Waals surface area (Å²) in [6, 6.07) is 1.25. The summed E-state index contributed by atoms with van der Waals surface area (Å²) < 4.78 is 0. The van der Waals surface area contributed by atoms with E-state index < -0.39 is 0 Å². The van der Waals surface area contributed by atoms with E-state index in [2.05, 4.69) is 10.6 Å². The van der Waals surface area contributed by atoms with Crippen LogP contribution in [-0.2, 0) is 0 Å². The zero-order valence-corrected chi connectivity index (χ0v) is 9.67. The molecule has 4 N–H and O–H groups in total. The predicted molar refractivity (Wildman–Crippen MR) is 63.8 cm³/mol. The smallest absolute Gasteiger partial charge is 0.00913 e. The fourth-order valence-electron chi connectivity index (χ4n) is 2.75. The lowest BCUT2D eigenvalue weighted by molar-refractivity contribution is 0.288. The fraction of sp³-hybridized carbons (Fsp3) is 1.00. The molecular formula is C12H25N3. The zero-order chi connectivity index (χ0) is 10.5. The summed E-state index contributed by atoms with van der Waals surface area (Å²) in [4.78, 5) is 0. The molecule has 1 aliphatic heterocycles. The van der Waals surface area contributed by atoms with Crippen LogP contribution in [0.1, 0.15) is 38.5 Å². The standard InChI is InChI=1S/C12H25N3/c13-11-3-1-10(2-4-11)9-15-12-5-7-14-8-6-12/h10-12,14-15H,1-9,13H2. The Bertz CT molecular complexity index is 170. The first-order valence-electron chi connectivity index (χ1n) is 6.54. The maximum Gasteiger partial charge on any atom is 0.00913 e. The van der Waals surface area contributed by atoms with Crippen LogP contribution < -0.4 is 16.4 Å². The quantitative estimate of drug-likeness (QED) is 0.648. The molecule has 88 valence electrons. The molecule has 2 fully saturated rings. The highest BCUT2D eigenvalue weighted by molar-refractivity contribution is 4.79. The van der Waals surface area contributed by atoms with Gasteiger partial charge in [0, 0.05) is 12.1 Å². The second-order valence-electron chi connectivity index (χ2n) is 5.21. The summed E-state index contributed by atoms with van der Waals surface area (Å²) in [5.74, 6) is 0.889. The maximum absolute atomic E-state index is 5.91. The van der Waals surface area contributed by atoms with Crippen molar-refractivity contribution in [2.75, 3.05) is 19.6 Å². The molecule has 0 spiro atoms. The van der Waals surface area contributed by atoms with E-state index >= 15 is 0 Å². The zero-order valence-electron chi connectivity index (χ0n) is 9.67. The second-order valence-corrected chi connectivity index (χ2v) is 5.21. The van der Waals surface area contributed by atoms with E-state index in [1.807, 2.05) is 0 Å². The van der Waals surface area contributed by atoms with Gasteiger partial charge >= 0.3 is 0 Å². The van der Waals surface area contributed by atoms with Crippen LogP contribution in [0, 0.1) is 5.92 Å². The van der Waals surface area contributed by atoms with Gasteiger partial charge in [0.15, 0.2) is 0 Å². The van der Waals surface area contributed by atoms with Gasteiger partial charge in [-0.25, -0.2) is 0 Å². The van der Waals surface area contributed by atoms with Gasteiger partial charge in [0.2, 0.25) is 0 Å². The molecule has 0 aromatic rings. The number of nitrogens with two attached hydrogens (primary N) is 1. The minimum absolute atomic E-state index is 0.486. The summed E-state index contributed by atoms with van der Waals surface area (Å²) in [6.07, 6.45) is 7.73. The molecule has 2 rings (SSSR count). The van der Waals surface area contributed by atoms with Gasteiger partial charge in [0.05, 0.1) is 0 Å². The van der Waals surface area contributed by atoms with Gasteiger partial charge in [-0.05, 0) is 64.1 Å². The molecule has 1 saturated carbocycles. The van der Waals surface area contributed by atoms with E-state index in [0.29, 0.717) is 6.04 Å². The molecule has 0 amide bonds. The lowest BCUT2D eigenvalue weighted by Crippen LogP contribution is -2.42. The Labute approximate surface area is 93.2 Å². The van der Waals surface area contributed by atoms with E-state index in [-0.39, 0.29) is 0 Å². The van der Waals surface area contributed by atoms with E-state index in [9.17, 15) is 0 Å². The molecule has 3 nitrogen and oxygen atoms in total. The third-order valence-corrected chi connectivity index (χ3v) is 3.93. The van der Waals surface area contributed by atoms with E-state index in [1.165, 1.54) is 58.2 Å². The van der Waals surface area contributed by atoms with Crippen molar-refractivity contribution in [3.8, 4) is 0 Å². The van der Waals surface area contributed by atoms with Crippen LogP contribution in [0.15, 0.2) is 0 Å². The number of hydrogen-bond acceptors (Lipinski definition) is 3. The topological polar surface area (TPSA) is 50.1 Å². The molecule has 0 bridgehead atoms. The fourth-order valence-corrected chi connectivity index (χ4v) is 2.75. The number of hydrogen-bond donors (Lipinski definition) is 3. The van der Waals surface area contributed by atoms with Gasteiger partial charge in [-0.1, -0.05) is 0 Å². The first-order chi connectivity index (χ1) is 7.34. The maximum atomic E-state index is 5.91. The van der Waals surface area contributed by atoms with Crippen LogP contribution in [0.2, 0.25) is 0 Å². The van der Waals surface area contributed by atoms with Crippen LogP contribution in [0.25, 0.3) is 0 Å². The molecule has 0 atom stereocenters. The largest absolute Gasteiger partial charge is 0.328 e. The molecule has 1 saturated heterocycles. The second kappa shape index (κ2) is 5.83. The highest BCUT2D eigenvalue weighted by atomic mass is 15.0. The summed E-state index contributed by atoms with van der Waals surface area (Å²) in [5.41, 5.74) is 5.91. The SMILES string of the molecule is NC1CCC(CNC2CCNCC2)CC1. The van der Waals surface area contributed by atoms with Gasteiger partial charge in [0.1, 0.15) is 0 Å². The predicted octanol–water partition coefficient (Wildman–Crippen LogP) is 0.845. The summed E-state index contributed by atoms with van der Waals surface area (Å²) in [6.45, 7) is 3.60. The third-order valence-electron chi connectivity index (χ3n) is 3.93. The number of rotatable bonds is 3. The molecular weight excluding hydrogens is 186 g/mol. The van der Waals surface area contributed by atoms with Crippen molar-refractivity contribution < 1.29 is 0 Å². The Morgan fingerprint density at radius 1 is 1.00 bits per heavy atom. The first kappa shape index (κ1) is 11.4. The minimum atomic E-state index is 0.486. The Morgan fingerprint density at radius 2 is 1.67 bits per heavy atom. The van der Waals surface area contributed by atoms with Crippen molar-refractivity contribution in [2.45, 2.75) is 50.6 Å².